The molecular weight excluding hydrogens is 502 g/mol. The summed E-state index contributed by atoms with van der Waals surface area (Å²) in [5.41, 5.74) is 2.66. The van der Waals surface area contributed by atoms with E-state index < -0.39 is 8.32 Å². The predicted octanol–water partition coefficient (Wildman–Crippen LogP) is 9.19. The fourth-order valence-electron chi connectivity index (χ4n) is 4.86. The van der Waals surface area contributed by atoms with Crippen molar-refractivity contribution >= 4 is 19.9 Å². The molecule has 0 heterocycles. The lowest BCUT2D eigenvalue weighted by molar-refractivity contribution is -0.124. The van der Waals surface area contributed by atoms with Gasteiger partial charge in [0.1, 0.15) is 11.5 Å². The highest BCUT2D eigenvalue weighted by molar-refractivity contribution is 6.74. The van der Waals surface area contributed by atoms with E-state index >= 15 is 0 Å². The summed E-state index contributed by atoms with van der Waals surface area (Å²) in [6.45, 7) is 20.5. The normalized spacial score (nSPS) is 14.0. The number of nitrogens with one attached hydrogen (secondary N) is 1. The number of carbonyl (C=O) groups excluding carboxylic acids is 1. The van der Waals surface area contributed by atoms with Gasteiger partial charge in [0.15, 0.2) is 8.32 Å². The highest BCUT2D eigenvalue weighted by atomic mass is 28.4. The van der Waals surface area contributed by atoms with Gasteiger partial charge in [-0.15, -0.1) is 0 Å². The van der Waals surface area contributed by atoms with Gasteiger partial charge in [0, 0.05) is 11.8 Å². The smallest absolute Gasteiger partial charge is 0.228 e. The van der Waals surface area contributed by atoms with Gasteiger partial charge in [0.25, 0.3) is 0 Å². The molecule has 0 aliphatic rings. The molecule has 39 heavy (non-hydrogen) atoms. The molecule has 2 aromatic carbocycles. The standard InChI is InChI=1S/C33H53NO4Si/c1-12-13-14-18-28(27-20-19-26(36-8)22-29(27)37-9)30(32(2,3)4)31(35)34-25-17-15-16-24(21-25)23-38-39(10,11)33(5,6)7/h15-17,19-22,28,30H,12-14,18,23H2,1-11H3,(H,34,35). The van der Waals surface area contributed by atoms with Crippen molar-refractivity contribution in [2.45, 2.75) is 105 Å². The van der Waals surface area contributed by atoms with Crippen LogP contribution in [0.3, 0.4) is 0 Å². The van der Waals surface area contributed by atoms with Crippen LogP contribution in [0.1, 0.15) is 91.2 Å². The number of amides is 1. The van der Waals surface area contributed by atoms with Gasteiger partial charge in [-0.25, -0.2) is 0 Å². The van der Waals surface area contributed by atoms with E-state index in [4.69, 9.17) is 13.9 Å². The summed E-state index contributed by atoms with van der Waals surface area (Å²) >= 11 is 0. The Kier molecular flexibility index (Phi) is 11.7. The van der Waals surface area contributed by atoms with Crippen LogP contribution in [-0.4, -0.2) is 28.4 Å². The Labute approximate surface area is 239 Å². The third-order valence-electron chi connectivity index (χ3n) is 8.18. The summed E-state index contributed by atoms with van der Waals surface area (Å²) in [7, 11) is 1.47. The quantitative estimate of drug-likeness (QED) is 0.198. The number of unbranched alkanes of at least 4 members (excludes halogenated alkanes) is 2. The van der Waals surface area contributed by atoms with Crippen LogP contribution in [0.5, 0.6) is 11.5 Å². The van der Waals surface area contributed by atoms with E-state index in [0.717, 1.165) is 54.0 Å². The highest BCUT2D eigenvalue weighted by Crippen LogP contribution is 2.45. The van der Waals surface area contributed by atoms with Gasteiger partial charge in [-0.05, 0) is 65.2 Å². The molecule has 6 heteroatoms. The van der Waals surface area contributed by atoms with Crippen molar-refractivity contribution in [1.82, 2.24) is 0 Å². The Morgan fingerprint density at radius 3 is 2.21 bits per heavy atom. The molecule has 2 atom stereocenters. The molecule has 0 fully saturated rings. The zero-order chi connectivity index (χ0) is 29.4. The van der Waals surface area contributed by atoms with Crippen molar-refractivity contribution < 1.29 is 18.7 Å². The molecule has 0 aliphatic heterocycles. The van der Waals surface area contributed by atoms with Gasteiger partial charge in [0.2, 0.25) is 5.91 Å². The summed E-state index contributed by atoms with van der Waals surface area (Å²) in [4.78, 5) is 14.1. The molecule has 2 rings (SSSR count). The topological polar surface area (TPSA) is 56.8 Å². The Morgan fingerprint density at radius 2 is 1.64 bits per heavy atom. The lowest BCUT2D eigenvalue weighted by atomic mass is 9.68. The number of ether oxygens (including phenoxy) is 2. The molecule has 0 saturated carbocycles. The van der Waals surface area contributed by atoms with E-state index in [9.17, 15) is 4.79 Å². The van der Waals surface area contributed by atoms with Crippen LogP contribution in [0, 0.1) is 11.3 Å². The van der Waals surface area contributed by atoms with Crippen molar-refractivity contribution in [1.29, 1.82) is 0 Å². The number of hydrogen-bond acceptors (Lipinski definition) is 4. The molecule has 0 radical (unpaired) electrons. The lowest BCUT2D eigenvalue weighted by Gasteiger charge is -2.37. The maximum Gasteiger partial charge on any atom is 0.228 e. The minimum absolute atomic E-state index is 0.00232. The largest absolute Gasteiger partial charge is 0.497 e. The van der Waals surface area contributed by atoms with E-state index in [2.05, 4.69) is 79.0 Å². The maximum atomic E-state index is 14.1. The third kappa shape index (κ3) is 9.11. The first-order chi connectivity index (χ1) is 18.1. The zero-order valence-corrected chi connectivity index (χ0v) is 27.4. The van der Waals surface area contributed by atoms with Gasteiger partial charge >= 0.3 is 0 Å². The average Bonchev–Trinajstić information content (AvgIpc) is 2.85. The van der Waals surface area contributed by atoms with Crippen LogP contribution in [0.2, 0.25) is 18.1 Å². The fourth-order valence-corrected chi connectivity index (χ4v) is 5.82. The fraction of sp³-hybridized carbons (Fsp3) is 0.606. The van der Waals surface area contributed by atoms with Crippen LogP contribution in [0.15, 0.2) is 42.5 Å². The van der Waals surface area contributed by atoms with Gasteiger partial charge in [-0.2, -0.15) is 0 Å². The number of hydrogen-bond donors (Lipinski definition) is 1. The monoisotopic (exact) mass is 555 g/mol. The highest BCUT2D eigenvalue weighted by Gasteiger charge is 2.40. The van der Waals surface area contributed by atoms with Crippen LogP contribution in [0.4, 0.5) is 5.69 Å². The molecule has 1 amide bonds. The van der Waals surface area contributed by atoms with Crippen molar-refractivity contribution in [3.05, 3.63) is 53.6 Å². The van der Waals surface area contributed by atoms with E-state index in [1.165, 1.54) is 0 Å². The molecule has 2 unspecified atom stereocenters. The van der Waals surface area contributed by atoms with Crippen LogP contribution >= 0.6 is 0 Å². The van der Waals surface area contributed by atoms with Crippen LogP contribution in [0.25, 0.3) is 0 Å². The van der Waals surface area contributed by atoms with E-state index in [0.29, 0.717) is 6.61 Å². The van der Waals surface area contributed by atoms with Crippen LogP contribution in [-0.2, 0) is 15.8 Å². The zero-order valence-electron chi connectivity index (χ0n) is 26.4. The molecule has 5 nitrogen and oxygen atoms in total. The molecule has 0 bridgehead atoms. The van der Waals surface area contributed by atoms with Crippen LogP contribution < -0.4 is 14.8 Å². The Balaban J connectivity index is 2.39. The molecule has 0 aliphatic carbocycles. The number of benzene rings is 2. The van der Waals surface area contributed by atoms with E-state index in [1.807, 2.05) is 30.3 Å². The molecule has 0 aromatic heterocycles. The summed E-state index contributed by atoms with van der Waals surface area (Å²) in [6, 6.07) is 14.0. The SMILES string of the molecule is CCCCCC(c1ccc(OC)cc1OC)C(C(=O)Nc1cccc(CO[Si](C)(C)C(C)(C)C)c1)C(C)(C)C. The van der Waals surface area contributed by atoms with Gasteiger partial charge in [0.05, 0.1) is 26.7 Å². The first-order valence-corrected chi connectivity index (χ1v) is 17.3. The third-order valence-corrected chi connectivity index (χ3v) is 12.7. The Hall–Kier alpha value is -2.31. The van der Waals surface area contributed by atoms with Crippen molar-refractivity contribution in [3.63, 3.8) is 0 Å². The minimum atomic E-state index is -1.87. The second-order valence-corrected chi connectivity index (χ2v) is 18.1. The van der Waals surface area contributed by atoms with Crippen molar-refractivity contribution in [2.75, 3.05) is 19.5 Å². The number of methoxy groups -OCH3 is 2. The number of anilines is 1. The summed E-state index contributed by atoms with van der Waals surface area (Å²) < 4.78 is 17.7. The van der Waals surface area contributed by atoms with Gasteiger partial charge in [-0.3, -0.25) is 4.79 Å². The average molecular weight is 556 g/mol. The van der Waals surface area contributed by atoms with Gasteiger partial charge < -0.3 is 19.2 Å². The molecule has 0 saturated heterocycles. The van der Waals surface area contributed by atoms with Crippen molar-refractivity contribution in [2.24, 2.45) is 11.3 Å². The lowest BCUT2D eigenvalue weighted by Crippen LogP contribution is -2.40. The molecule has 1 N–H and O–H groups in total. The maximum absolute atomic E-state index is 14.1. The first-order valence-electron chi connectivity index (χ1n) is 14.4. The van der Waals surface area contributed by atoms with Crippen molar-refractivity contribution in [3.8, 4) is 11.5 Å². The molecule has 2 aromatic rings. The van der Waals surface area contributed by atoms with E-state index in [1.54, 1.807) is 14.2 Å². The van der Waals surface area contributed by atoms with E-state index in [-0.39, 0.29) is 28.2 Å². The predicted molar refractivity (Wildman–Crippen MR) is 166 cm³/mol. The summed E-state index contributed by atoms with van der Waals surface area (Å²) in [6.07, 6.45) is 4.22. The molecule has 218 valence electrons. The second-order valence-electron chi connectivity index (χ2n) is 13.3. The summed E-state index contributed by atoms with van der Waals surface area (Å²) in [5.74, 6) is 1.29. The summed E-state index contributed by atoms with van der Waals surface area (Å²) in [5, 5.41) is 3.42. The molecule has 0 spiro atoms. The molecular formula is C33H53NO4Si. The number of rotatable bonds is 13. The minimum Gasteiger partial charge on any atom is -0.497 e. The first kappa shape index (κ1) is 32.9. The number of carbonyl (C=O) groups is 1. The Bertz CT molecular complexity index is 1070. The van der Waals surface area contributed by atoms with Gasteiger partial charge in [-0.1, -0.05) is 85.9 Å². The second kappa shape index (κ2) is 13.8. The Morgan fingerprint density at radius 1 is 0.949 bits per heavy atom.